The molecule has 2 unspecified atom stereocenters. The number of hydrogen-bond donors (Lipinski definition) is 1. The topological polar surface area (TPSA) is 44.5 Å². The lowest BCUT2D eigenvalue weighted by Gasteiger charge is -2.26. The summed E-state index contributed by atoms with van der Waals surface area (Å²) in [6.45, 7) is 9.16. The molecule has 0 aliphatic carbocycles. The van der Waals surface area contributed by atoms with E-state index in [1.54, 1.807) is 0 Å². The fourth-order valence-electron chi connectivity index (χ4n) is 1.89. The molecule has 0 aliphatic heterocycles. The van der Waals surface area contributed by atoms with E-state index in [9.17, 15) is 0 Å². The summed E-state index contributed by atoms with van der Waals surface area (Å²) in [5, 5.41) is 0.693. The van der Waals surface area contributed by atoms with Crippen LogP contribution in [0.3, 0.4) is 0 Å². The predicted octanol–water partition coefficient (Wildman–Crippen LogP) is 3.95. The first kappa shape index (κ1) is 17.4. The van der Waals surface area contributed by atoms with Crippen LogP contribution >= 0.6 is 11.6 Å². The zero-order chi connectivity index (χ0) is 15.2. The summed E-state index contributed by atoms with van der Waals surface area (Å²) >= 11 is 6.24. The number of rotatable bonds is 7. The molecule has 4 heteroatoms. The molecule has 0 aromatic heterocycles. The smallest absolute Gasteiger partial charge is 0.0991 e. The second kappa shape index (κ2) is 7.99. The molecule has 3 nitrogen and oxygen atoms in total. The van der Waals surface area contributed by atoms with Gasteiger partial charge in [0.15, 0.2) is 0 Å². The Bertz CT molecular complexity index is 404. The van der Waals surface area contributed by atoms with Crippen LogP contribution in [0, 0.1) is 0 Å². The average Bonchev–Trinajstić information content (AvgIpc) is 2.38. The third kappa shape index (κ3) is 5.80. The molecular weight excluding hydrogens is 274 g/mol. The van der Waals surface area contributed by atoms with Crippen molar-refractivity contribution in [3.8, 4) is 0 Å². The maximum atomic E-state index is 6.24. The third-order valence-electron chi connectivity index (χ3n) is 2.99. The quantitative estimate of drug-likeness (QED) is 0.775. The molecule has 2 atom stereocenters. The van der Waals surface area contributed by atoms with Gasteiger partial charge in [-0.3, -0.25) is 0 Å². The second-order valence-electron chi connectivity index (χ2n) is 5.85. The van der Waals surface area contributed by atoms with Gasteiger partial charge in [0.05, 0.1) is 24.9 Å². The highest BCUT2D eigenvalue weighted by atomic mass is 35.5. The molecule has 0 aliphatic rings. The molecule has 20 heavy (non-hydrogen) atoms. The lowest BCUT2D eigenvalue weighted by Crippen LogP contribution is -2.31. The summed E-state index contributed by atoms with van der Waals surface area (Å²) < 4.78 is 11.6. The van der Waals surface area contributed by atoms with Gasteiger partial charge in [-0.1, -0.05) is 36.7 Å². The molecule has 0 saturated heterocycles. The predicted molar refractivity (Wildman–Crippen MR) is 84.1 cm³/mol. The summed E-state index contributed by atoms with van der Waals surface area (Å²) in [5.74, 6) is 0. The highest BCUT2D eigenvalue weighted by molar-refractivity contribution is 6.31. The highest BCUT2D eigenvalue weighted by Gasteiger charge is 2.21. The van der Waals surface area contributed by atoms with Crippen LogP contribution in [-0.2, 0) is 9.47 Å². The molecule has 1 rings (SSSR count). The summed E-state index contributed by atoms with van der Waals surface area (Å²) in [6.07, 6.45) is 0.632. The molecule has 114 valence electrons. The molecular formula is C16H26ClNO2. The molecule has 0 fully saturated rings. The molecule has 1 aromatic rings. The van der Waals surface area contributed by atoms with E-state index in [1.807, 2.05) is 52.0 Å². The Morgan fingerprint density at radius 1 is 1.20 bits per heavy atom. The van der Waals surface area contributed by atoms with Crippen molar-refractivity contribution >= 4 is 11.6 Å². The van der Waals surface area contributed by atoms with E-state index in [4.69, 9.17) is 26.8 Å². The van der Waals surface area contributed by atoms with Crippen LogP contribution in [0.25, 0.3) is 0 Å². The fourth-order valence-corrected chi connectivity index (χ4v) is 2.13. The zero-order valence-corrected chi connectivity index (χ0v) is 13.6. The van der Waals surface area contributed by atoms with Gasteiger partial charge >= 0.3 is 0 Å². The molecule has 0 amide bonds. The molecule has 0 heterocycles. The van der Waals surface area contributed by atoms with Crippen LogP contribution in [0.5, 0.6) is 0 Å². The monoisotopic (exact) mass is 299 g/mol. The average molecular weight is 300 g/mol. The number of nitrogens with two attached hydrogens (primary N) is 1. The van der Waals surface area contributed by atoms with E-state index in [0.29, 0.717) is 18.2 Å². The standard InChI is InChI=1S/C16H26ClNO2/c1-5-14(18)15(12-8-6-7-9-13(12)17)19-10-11-20-16(2,3)4/h6-9,14-15H,5,10-11,18H2,1-4H3. The van der Waals surface area contributed by atoms with Crippen molar-refractivity contribution in [1.82, 2.24) is 0 Å². The highest BCUT2D eigenvalue weighted by Crippen LogP contribution is 2.28. The Morgan fingerprint density at radius 3 is 2.40 bits per heavy atom. The molecule has 0 radical (unpaired) electrons. The van der Waals surface area contributed by atoms with Crippen molar-refractivity contribution in [2.45, 2.75) is 51.9 Å². The largest absolute Gasteiger partial charge is 0.373 e. The van der Waals surface area contributed by atoms with Crippen LogP contribution in [0.4, 0.5) is 0 Å². The Kier molecular flexibility index (Phi) is 6.96. The van der Waals surface area contributed by atoms with Crippen LogP contribution in [-0.4, -0.2) is 24.9 Å². The first-order valence-electron chi connectivity index (χ1n) is 7.10. The van der Waals surface area contributed by atoms with Gasteiger partial charge in [-0.25, -0.2) is 0 Å². The summed E-state index contributed by atoms with van der Waals surface area (Å²) in [4.78, 5) is 0. The van der Waals surface area contributed by atoms with Crippen LogP contribution < -0.4 is 5.73 Å². The minimum Gasteiger partial charge on any atom is -0.373 e. The summed E-state index contributed by atoms with van der Waals surface area (Å²) in [7, 11) is 0. The number of halogens is 1. The molecule has 2 N–H and O–H groups in total. The van der Waals surface area contributed by atoms with Crippen molar-refractivity contribution in [3.63, 3.8) is 0 Å². The van der Waals surface area contributed by atoms with Crippen molar-refractivity contribution in [2.24, 2.45) is 5.73 Å². The van der Waals surface area contributed by atoms with Crippen LogP contribution in [0.2, 0.25) is 5.02 Å². The van der Waals surface area contributed by atoms with Gasteiger partial charge in [0.25, 0.3) is 0 Å². The minimum atomic E-state index is -0.197. The minimum absolute atomic E-state index is 0.0791. The van der Waals surface area contributed by atoms with Gasteiger partial charge in [0.2, 0.25) is 0 Å². The number of ether oxygens (including phenoxy) is 2. The van der Waals surface area contributed by atoms with Gasteiger partial charge in [0, 0.05) is 16.6 Å². The maximum Gasteiger partial charge on any atom is 0.0991 e. The van der Waals surface area contributed by atoms with Crippen molar-refractivity contribution in [1.29, 1.82) is 0 Å². The Morgan fingerprint density at radius 2 is 1.85 bits per heavy atom. The van der Waals surface area contributed by atoms with Gasteiger partial charge in [-0.2, -0.15) is 0 Å². The number of hydrogen-bond acceptors (Lipinski definition) is 3. The first-order chi connectivity index (χ1) is 9.35. The van der Waals surface area contributed by atoms with E-state index in [0.717, 1.165) is 12.0 Å². The second-order valence-corrected chi connectivity index (χ2v) is 6.25. The molecule has 1 aromatic carbocycles. The Labute approximate surface area is 127 Å². The lowest BCUT2D eigenvalue weighted by molar-refractivity contribution is -0.0570. The van der Waals surface area contributed by atoms with Crippen molar-refractivity contribution in [2.75, 3.05) is 13.2 Å². The SMILES string of the molecule is CCC(N)C(OCCOC(C)(C)C)c1ccccc1Cl. The molecule has 0 saturated carbocycles. The Hall–Kier alpha value is -0.610. The van der Waals surface area contributed by atoms with E-state index >= 15 is 0 Å². The van der Waals surface area contributed by atoms with E-state index in [-0.39, 0.29) is 17.7 Å². The maximum absolute atomic E-state index is 6.24. The van der Waals surface area contributed by atoms with Gasteiger partial charge in [-0.05, 0) is 33.3 Å². The van der Waals surface area contributed by atoms with E-state index in [1.165, 1.54) is 0 Å². The molecule has 0 spiro atoms. The first-order valence-corrected chi connectivity index (χ1v) is 7.48. The Balaban J connectivity index is 2.65. The van der Waals surface area contributed by atoms with Gasteiger partial charge in [0.1, 0.15) is 0 Å². The summed E-state index contributed by atoms with van der Waals surface area (Å²) in [6, 6.07) is 7.60. The van der Waals surface area contributed by atoms with Gasteiger partial charge in [-0.15, -0.1) is 0 Å². The van der Waals surface area contributed by atoms with E-state index < -0.39 is 0 Å². The van der Waals surface area contributed by atoms with E-state index in [2.05, 4.69) is 0 Å². The van der Waals surface area contributed by atoms with Crippen LogP contribution in [0.15, 0.2) is 24.3 Å². The third-order valence-corrected chi connectivity index (χ3v) is 3.33. The van der Waals surface area contributed by atoms with Crippen LogP contribution in [0.1, 0.15) is 45.8 Å². The van der Waals surface area contributed by atoms with Gasteiger partial charge < -0.3 is 15.2 Å². The zero-order valence-electron chi connectivity index (χ0n) is 12.9. The summed E-state index contributed by atoms with van der Waals surface area (Å²) in [5.41, 5.74) is 6.95. The lowest BCUT2D eigenvalue weighted by atomic mass is 10.0. The number of benzene rings is 1. The fraction of sp³-hybridized carbons (Fsp3) is 0.625. The normalized spacial score (nSPS) is 15.1. The van der Waals surface area contributed by atoms with Crippen molar-refractivity contribution < 1.29 is 9.47 Å². The molecule has 0 bridgehead atoms. The van der Waals surface area contributed by atoms with Crippen molar-refractivity contribution in [3.05, 3.63) is 34.9 Å².